The molecule has 1 aromatic heterocycles. The molecular formula is C19H17Cl2FN4S. The van der Waals surface area contributed by atoms with Gasteiger partial charge in [0.2, 0.25) is 0 Å². The van der Waals surface area contributed by atoms with Gasteiger partial charge in [-0.05, 0) is 62.0 Å². The van der Waals surface area contributed by atoms with E-state index in [4.69, 9.17) is 35.4 Å². The van der Waals surface area contributed by atoms with Gasteiger partial charge in [0, 0.05) is 5.69 Å². The van der Waals surface area contributed by atoms with Crippen LogP contribution < -0.4 is 10.6 Å². The molecule has 0 unspecified atom stereocenters. The molecule has 0 aliphatic heterocycles. The lowest BCUT2D eigenvalue weighted by molar-refractivity contribution is 0.628. The second kappa shape index (κ2) is 8.25. The van der Waals surface area contributed by atoms with Gasteiger partial charge in [-0.25, -0.2) is 4.39 Å². The van der Waals surface area contributed by atoms with Crippen LogP contribution in [0.1, 0.15) is 17.0 Å². The standard InChI is InChI=1S/C19H17Cl2FN4S/c1-11-18(24-19(27)23-15-5-3-4-14(22)9-15)12(2)26(25-11)10-13-6-7-16(20)17(21)8-13/h3-9H,10H2,1-2H3,(H2,23,24,27). The van der Waals surface area contributed by atoms with Crippen molar-refractivity contribution in [3.63, 3.8) is 0 Å². The summed E-state index contributed by atoms with van der Waals surface area (Å²) in [4.78, 5) is 0. The molecule has 0 aliphatic rings. The van der Waals surface area contributed by atoms with Gasteiger partial charge in [0.05, 0.1) is 33.7 Å². The highest BCUT2D eigenvalue weighted by molar-refractivity contribution is 7.80. The van der Waals surface area contributed by atoms with Crippen LogP contribution in [0.5, 0.6) is 0 Å². The lowest BCUT2D eigenvalue weighted by Crippen LogP contribution is -2.20. The normalized spacial score (nSPS) is 10.7. The van der Waals surface area contributed by atoms with Crippen molar-refractivity contribution in [2.24, 2.45) is 0 Å². The van der Waals surface area contributed by atoms with E-state index < -0.39 is 0 Å². The molecule has 27 heavy (non-hydrogen) atoms. The fourth-order valence-electron chi connectivity index (χ4n) is 2.68. The molecule has 0 atom stereocenters. The van der Waals surface area contributed by atoms with Crippen molar-refractivity contribution in [3.8, 4) is 0 Å². The first-order chi connectivity index (χ1) is 12.8. The maximum atomic E-state index is 13.3. The fraction of sp³-hybridized carbons (Fsp3) is 0.158. The Balaban J connectivity index is 1.75. The predicted molar refractivity (Wildman–Crippen MR) is 114 cm³/mol. The number of nitrogens with zero attached hydrogens (tertiary/aromatic N) is 2. The fourth-order valence-corrected chi connectivity index (χ4v) is 3.23. The molecular weight excluding hydrogens is 406 g/mol. The zero-order chi connectivity index (χ0) is 19.6. The third kappa shape index (κ3) is 4.77. The van der Waals surface area contributed by atoms with Crippen LogP contribution in [-0.2, 0) is 6.54 Å². The van der Waals surface area contributed by atoms with Crippen LogP contribution in [-0.4, -0.2) is 14.9 Å². The second-order valence-corrected chi connectivity index (χ2v) is 7.26. The third-order valence-electron chi connectivity index (χ3n) is 4.02. The van der Waals surface area contributed by atoms with Crippen LogP contribution in [0.25, 0.3) is 0 Å². The SMILES string of the molecule is Cc1nn(Cc2ccc(Cl)c(Cl)c2)c(C)c1NC(=S)Nc1cccc(F)c1. The molecule has 4 nitrogen and oxygen atoms in total. The van der Waals surface area contributed by atoms with E-state index in [0.29, 0.717) is 27.4 Å². The van der Waals surface area contributed by atoms with Crippen LogP contribution in [0.4, 0.5) is 15.8 Å². The molecule has 0 bridgehead atoms. The number of thiocarbonyl (C=S) groups is 1. The lowest BCUT2D eigenvalue weighted by atomic mass is 10.2. The first kappa shape index (κ1) is 19.6. The van der Waals surface area contributed by atoms with E-state index >= 15 is 0 Å². The minimum absolute atomic E-state index is 0.329. The van der Waals surface area contributed by atoms with Gasteiger partial charge in [0.15, 0.2) is 5.11 Å². The van der Waals surface area contributed by atoms with Crippen LogP contribution in [0.2, 0.25) is 10.0 Å². The predicted octanol–water partition coefficient (Wildman–Crippen LogP) is 5.80. The summed E-state index contributed by atoms with van der Waals surface area (Å²) in [5, 5.41) is 12.1. The molecule has 0 spiro atoms. The molecule has 0 saturated heterocycles. The Morgan fingerprint density at radius 2 is 1.89 bits per heavy atom. The van der Waals surface area contributed by atoms with E-state index in [2.05, 4.69) is 15.7 Å². The van der Waals surface area contributed by atoms with Gasteiger partial charge >= 0.3 is 0 Å². The average molecular weight is 423 g/mol. The maximum Gasteiger partial charge on any atom is 0.175 e. The minimum atomic E-state index is -0.329. The van der Waals surface area contributed by atoms with Crippen LogP contribution in [0.3, 0.4) is 0 Å². The van der Waals surface area contributed by atoms with E-state index in [0.717, 1.165) is 22.6 Å². The van der Waals surface area contributed by atoms with Gasteiger partial charge in [-0.2, -0.15) is 5.10 Å². The summed E-state index contributed by atoms with van der Waals surface area (Å²) in [5.74, 6) is -0.329. The number of benzene rings is 2. The number of hydrogen-bond acceptors (Lipinski definition) is 2. The number of rotatable bonds is 4. The number of anilines is 2. The smallest absolute Gasteiger partial charge is 0.175 e. The molecule has 3 aromatic rings. The van der Waals surface area contributed by atoms with Gasteiger partial charge in [-0.15, -0.1) is 0 Å². The Kier molecular flexibility index (Phi) is 5.99. The van der Waals surface area contributed by atoms with Crippen molar-refractivity contribution in [1.82, 2.24) is 9.78 Å². The summed E-state index contributed by atoms with van der Waals surface area (Å²) < 4.78 is 15.2. The Bertz CT molecular complexity index is 1000. The van der Waals surface area contributed by atoms with Crippen molar-refractivity contribution >= 4 is 51.9 Å². The maximum absolute atomic E-state index is 13.3. The average Bonchev–Trinajstić information content (AvgIpc) is 2.85. The first-order valence-electron chi connectivity index (χ1n) is 8.15. The third-order valence-corrected chi connectivity index (χ3v) is 4.96. The quantitative estimate of drug-likeness (QED) is 0.521. The molecule has 0 fully saturated rings. The molecule has 2 aromatic carbocycles. The summed E-state index contributed by atoms with van der Waals surface area (Å²) in [5.41, 5.74) is 4.09. The number of halogens is 3. The first-order valence-corrected chi connectivity index (χ1v) is 9.31. The van der Waals surface area contributed by atoms with Gasteiger partial charge < -0.3 is 10.6 Å². The summed E-state index contributed by atoms with van der Waals surface area (Å²) in [6, 6.07) is 11.6. The van der Waals surface area contributed by atoms with Gasteiger partial charge in [-0.3, -0.25) is 4.68 Å². The highest BCUT2D eigenvalue weighted by atomic mass is 35.5. The Morgan fingerprint density at radius 1 is 1.11 bits per heavy atom. The monoisotopic (exact) mass is 422 g/mol. The molecule has 0 amide bonds. The molecule has 3 rings (SSSR count). The molecule has 2 N–H and O–H groups in total. The molecule has 8 heteroatoms. The van der Waals surface area contributed by atoms with Crippen LogP contribution in [0.15, 0.2) is 42.5 Å². The van der Waals surface area contributed by atoms with Crippen molar-refractivity contribution < 1.29 is 4.39 Å². The number of aryl methyl sites for hydroxylation is 1. The summed E-state index contributed by atoms with van der Waals surface area (Å²) in [7, 11) is 0. The summed E-state index contributed by atoms with van der Waals surface area (Å²) in [6.07, 6.45) is 0. The van der Waals surface area contributed by atoms with Gasteiger partial charge in [0.1, 0.15) is 5.82 Å². The highest BCUT2D eigenvalue weighted by Gasteiger charge is 2.13. The number of nitrogens with one attached hydrogen (secondary N) is 2. The zero-order valence-corrected chi connectivity index (χ0v) is 17.0. The molecule has 0 saturated carbocycles. The van der Waals surface area contributed by atoms with Crippen molar-refractivity contribution in [3.05, 3.63) is 75.3 Å². The molecule has 1 heterocycles. The summed E-state index contributed by atoms with van der Waals surface area (Å²) >= 11 is 17.4. The zero-order valence-electron chi connectivity index (χ0n) is 14.7. The largest absolute Gasteiger partial charge is 0.332 e. The van der Waals surface area contributed by atoms with E-state index in [9.17, 15) is 4.39 Å². The lowest BCUT2D eigenvalue weighted by Gasteiger charge is -2.11. The van der Waals surface area contributed by atoms with Crippen molar-refractivity contribution in [2.75, 3.05) is 10.6 Å². The molecule has 0 aliphatic carbocycles. The van der Waals surface area contributed by atoms with Gasteiger partial charge in [0.25, 0.3) is 0 Å². The van der Waals surface area contributed by atoms with Crippen molar-refractivity contribution in [1.29, 1.82) is 0 Å². The van der Waals surface area contributed by atoms with Crippen molar-refractivity contribution in [2.45, 2.75) is 20.4 Å². The topological polar surface area (TPSA) is 41.9 Å². The minimum Gasteiger partial charge on any atom is -0.332 e. The van der Waals surface area contributed by atoms with Crippen LogP contribution in [0, 0.1) is 19.7 Å². The highest BCUT2D eigenvalue weighted by Crippen LogP contribution is 2.25. The molecule has 0 radical (unpaired) electrons. The molecule has 140 valence electrons. The Hall–Kier alpha value is -2.15. The summed E-state index contributed by atoms with van der Waals surface area (Å²) in [6.45, 7) is 4.39. The Morgan fingerprint density at radius 3 is 2.59 bits per heavy atom. The van der Waals surface area contributed by atoms with E-state index in [1.807, 2.05) is 30.7 Å². The van der Waals surface area contributed by atoms with Crippen LogP contribution >= 0.6 is 35.4 Å². The van der Waals surface area contributed by atoms with E-state index in [1.165, 1.54) is 12.1 Å². The Labute approximate surface area is 172 Å². The van der Waals surface area contributed by atoms with Gasteiger partial charge in [-0.1, -0.05) is 35.3 Å². The second-order valence-electron chi connectivity index (χ2n) is 6.04. The number of hydrogen-bond donors (Lipinski definition) is 2. The number of aromatic nitrogens is 2. The van der Waals surface area contributed by atoms with E-state index in [1.54, 1.807) is 18.2 Å². The van der Waals surface area contributed by atoms with E-state index in [-0.39, 0.29) is 5.82 Å².